The molecule has 5 nitrogen and oxygen atoms in total. The summed E-state index contributed by atoms with van der Waals surface area (Å²) >= 11 is 6.98. The summed E-state index contributed by atoms with van der Waals surface area (Å²) in [5.41, 5.74) is 0.555. The number of carbonyl (C=O) groups excluding carboxylic acids is 1. The van der Waals surface area contributed by atoms with Crippen molar-refractivity contribution in [3.8, 4) is 0 Å². The van der Waals surface area contributed by atoms with Crippen LogP contribution in [0.3, 0.4) is 0 Å². The molecule has 2 aromatic rings. The van der Waals surface area contributed by atoms with Crippen molar-refractivity contribution in [3.05, 3.63) is 50.4 Å². The zero-order chi connectivity index (χ0) is 18.1. The second kappa shape index (κ2) is 6.91. The van der Waals surface area contributed by atoms with Crippen LogP contribution in [0.15, 0.2) is 24.3 Å². The fraction of sp³-hybridized carbons (Fsp3) is 0.353. The number of aryl methyl sites for hydroxylation is 1. The van der Waals surface area contributed by atoms with Gasteiger partial charge >= 0.3 is 5.97 Å². The number of rotatable bonds is 5. The molecule has 1 aromatic heterocycles. The second-order valence-corrected chi connectivity index (χ2v) is 7.57. The fourth-order valence-corrected chi connectivity index (χ4v) is 3.27. The van der Waals surface area contributed by atoms with Gasteiger partial charge in [0.05, 0.1) is 17.2 Å². The van der Waals surface area contributed by atoms with Crippen molar-refractivity contribution in [2.24, 2.45) is 0 Å². The lowest BCUT2D eigenvalue weighted by Crippen LogP contribution is -2.41. The summed E-state index contributed by atoms with van der Waals surface area (Å²) in [4.78, 5) is 28.3. The minimum absolute atomic E-state index is 0.165. The number of carbonyl (C=O) groups is 2. The molecule has 0 saturated carbocycles. The van der Waals surface area contributed by atoms with Crippen molar-refractivity contribution in [1.29, 1.82) is 0 Å². The molecule has 1 heterocycles. The fourth-order valence-electron chi connectivity index (χ4n) is 2.24. The zero-order valence-corrected chi connectivity index (χ0v) is 15.5. The van der Waals surface area contributed by atoms with Crippen molar-refractivity contribution < 1.29 is 14.7 Å². The molecule has 0 bridgehead atoms. The van der Waals surface area contributed by atoms with E-state index in [-0.39, 0.29) is 16.8 Å². The maximum atomic E-state index is 12.7. The average Bonchev–Trinajstić information content (AvgIpc) is 2.90. The second-order valence-electron chi connectivity index (χ2n) is 6.10. The number of nitrogens with one attached hydrogen (secondary N) is 1. The number of hydrogen-bond acceptors (Lipinski definition) is 4. The molecule has 1 atom stereocenters. The van der Waals surface area contributed by atoms with Gasteiger partial charge in [-0.1, -0.05) is 23.7 Å². The van der Waals surface area contributed by atoms with Gasteiger partial charge < -0.3 is 10.4 Å². The van der Waals surface area contributed by atoms with Gasteiger partial charge in [0.2, 0.25) is 5.91 Å². The minimum Gasteiger partial charge on any atom is -0.477 e. The number of thiazole rings is 1. The summed E-state index contributed by atoms with van der Waals surface area (Å²) in [7, 11) is 0. The molecular formula is C17H19ClN2O3S. The number of benzene rings is 1. The highest BCUT2D eigenvalue weighted by Crippen LogP contribution is 2.28. The first-order valence-electron chi connectivity index (χ1n) is 7.40. The van der Waals surface area contributed by atoms with Gasteiger partial charge in [0.25, 0.3) is 0 Å². The predicted octanol–water partition coefficient (Wildman–Crippen LogP) is 3.96. The molecule has 1 amide bonds. The van der Waals surface area contributed by atoms with E-state index in [0.717, 1.165) is 16.9 Å². The average molecular weight is 367 g/mol. The van der Waals surface area contributed by atoms with Gasteiger partial charge in [-0.2, -0.15) is 0 Å². The van der Waals surface area contributed by atoms with E-state index in [2.05, 4.69) is 10.3 Å². The lowest BCUT2D eigenvalue weighted by atomic mass is 9.83. The van der Waals surface area contributed by atoms with Gasteiger partial charge in [-0.15, -0.1) is 11.3 Å². The van der Waals surface area contributed by atoms with Crippen LogP contribution in [0.4, 0.5) is 0 Å². The topological polar surface area (TPSA) is 79.3 Å². The molecule has 0 aliphatic heterocycles. The standard InChI is InChI=1S/C17H19ClN2O3S/c1-9-13(15(21)22)24-14(19-9)10(2)20-16(23)17(3,4)11-5-7-12(18)8-6-11/h5-8,10H,1-4H3,(H,20,23)(H,21,22). The van der Waals surface area contributed by atoms with Crippen molar-refractivity contribution in [2.45, 2.75) is 39.2 Å². The number of aromatic carboxylic acids is 1. The zero-order valence-electron chi connectivity index (χ0n) is 13.9. The number of carboxylic acids is 1. The Hall–Kier alpha value is -1.92. The van der Waals surface area contributed by atoms with Crippen LogP contribution in [0.2, 0.25) is 5.02 Å². The highest BCUT2D eigenvalue weighted by atomic mass is 35.5. The van der Waals surface area contributed by atoms with Crippen LogP contribution < -0.4 is 5.32 Å². The SMILES string of the molecule is Cc1nc(C(C)NC(=O)C(C)(C)c2ccc(Cl)cc2)sc1C(=O)O. The van der Waals surface area contributed by atoms with Crippen LogP contribution in [-0.4, -0.2) is 22.0 Å². The molecule has 7 heteroatoms. The third-order valence-corrected chi connectivity index (χ3v) is 5.44. The number of halogens is 1. The quantitative estimate of drug-likeness (QED) is 0.839. The third-order valence-electron chi connectivity index (χ3n) is 3.86. The van der Waals surface area contributed by atoms with E-state index in [1.807, 2.05) is 26.0 Å². The molecule has 2 rings (SSSR count). The molecule has 0 saturated heterocycles. The van der Waals surface area contributed by atoms with E-state index in [1.165, 1.54) is 0 Å². The van der Waals surface area contributed by atoms with E-state index in [1.54, 1.807) is 26.0 Å². The molecule has 0 radical (unpaired) electrons. The molecule has 1 unspecified atom stereocenters. The molecule has 0 aliphatic carbocycles. The van der Waals surface area contributed by atoms with E-state index < -0.39 is 11.4 Å². The molecule has 0 fully saturated rings. The lowest BCUT2D eigenvalue weighted by molar-refractivity contribution is -0.126. The monoisotopic (exact) mass is 366 g/mol. The van der Waals surface area contributed by atoms with Gasteiger partial charge in [-0.3, -0.25) is 4.79 Å². The molecule has 1 aromatic carbocycles. The smallest absolute Gasteiger partial charge is 0.347 e. The van der Waals surface area contributed by atoms with Gasteiger partial charge in [-0.05, 0) is 45.4 Å². The van der Waals surface area contributed by atoms with E-state index in [4.69, 9.17) is 16.7 Å². The summed E-state index contributed by atoms with van der Waals surface area (Å²) in [6.45, 7) is 7.09. The van der Waals surface area contributed by atoms with Crippen molar-refractivity contribution in [1.82, 2.24) is 10.3 Å². The number of aromatic nitrogens is 1. The molecule has 0 aliphatic rings. The summed E-state index contributed by atoms with van der Waals surface area (Å²) in [5, 5.41) is 13.2. The largest absolute Gasteiger partial charge is 0.477 e. The first kappa shape index (κ1) is 18.4. The minimum atomic E-state index is -1.00. The van der Waals surface area contributed by atoms with Crippen molar-refractivity contribution in [2.75, 3.05) is 0 Å². The molecule has 128 valence electrons. The van der Waals surface area contributed by atoms with Crippen molar-refractivity contribution in [3.63, 3.8) is 0 Å². The van der Waals surface area contributed by atoms with Gasteiger partial charge in [0.1, 0.15) is 9.88 Å². The van der Waals surface area contributed by atoms with Gasteiger partial charge in [0.15, 0.2) is 0 Å². The van der Waals surface area contributed by atoms with E-state index in [9.17, 15) is 9.59 Å². The van der Waals surface area contributed by atoms with Crippen LogP contribution >= 0.6 is 22.9 Å². The van der Waals surface area contributed by atoms with Crippen LogP contribution in [-0.2, 0) is 10.2 Å². The normalized spacial score (nSPS) is 12.7. The first-order valence-corrected chi connectivity index (χ1v) is 8.60. The highest BCUT2D eigenvalue weighted by molar-refractivity contribution is 7.13. The maximum Gasteiger partial charge on any atom is 0.347 e. The Bertz CT molecular complexity index is 769. The Balaban J connectivity index is 2.17. The van der Waals surface area contributed by atoms with E-state index >= 15 is 0 Å². The van der Waals surface area contributed by atoms with Crippen LogP contribution in [0.25, 0.3) is 0 Å². The third kappa shape index (κ3) is 3.76. The Kier molecular flexibility index (Phi) is 5.30. The number of carboxylic acid groups (broad SMARTS) is 1. The van der Waals surface area contributed by atoms with Gasteiger partial charge in [0, 0.05) is 5.02 Å². The maximum absolute atomic E-state index is 12.7. The Morgan fingerprint density at radius 2 is 1.88 bits per heavy atom. The number of hydrogen-bond donors (Lipinski definition) is 2. The number of nitrogens with zero attached hydrogens (tertiary/aromatic N) is 1. The molecule has 2 N–H and O–H groups in total. The first-order chi connectivity index (χ1) is 11.1. The Morgan fingerprint density at radius 1 is 1.29 bits per heavy atom. The van der Waals surface area contributed by atoms with Crippen LogP contribution in [0.1, 0.15) is 52.7 Å². The van der Waals surface area contributed by atoms with Gasteiger partial charge in [-0.25, -0.2) is 9.78 Å². The summed E-state index contributed by atoms with van der Waals surface area (Å²) in [6.07, 6.45) is 0. The summed E-state index contributed by atoms with van der Waals surface area (Å²) in [5.74, 6) is -1.17. The van der Waals surface area contributed by atoms with Crippen molar-refractivity contribution >= 4 is 34.8 Å². The lowest BCUT2D eigenvalue weighted by Gasteiger charge is -2.26. The Morgan fingerprint density at radius 3 is 2.38 bits per heavy atom. The highest BCUT2D eigenvalue weighted by Gasteiger charge is 2.31. The Labute approximate surface area is 149 Å². The summed E-state index contributed by atoms with van der Waals surface area (Å²) in [6, 6.07) is 6.77. The summed E-state index contributed by atoms with van der Waals surface area (Å²) < 4.78 is 0. The van der Waals surface area contributed by atoms with E-state index in [0.29, 0.717) is 15.7 Å². The van der Waals surface area contributed by atoms with Crippen LogP contribution in [0, 0.1) is 6.92 Å². The molecule has 0 spiro atoms. The number of amides is 1. The van der Waals surface area contributed by atoms with Crippen LogP contribution in [0.5, 0.6) is 0 Å². The molecular weight excluding hydrogens is 348 g/mol. The predicted molar refractivity (Wildman–Crippen MR) is 94.8 cm³/mol. The molecule has 24 heavy (non-hydrogen) atoms.